The van der Waals surface area contributed by atoms with Crippen LogP contribution in [0.15, 0.2) is 47.8 Å². The molecule has 0 spiro atoms. The molecule has 154 valence electrons. The van der Waals surface area contributed by atoms with Crippen LogP contribution in [0.4, 0.5) is 15.6 Å². The molecule has 3 amide bonds. The fourth-order valence-corrected chi connectivity index (χ4v) is 4.00. The fourth-order valence-electron chi connectivity index (χ4n) is 3.29. The molecule has 8 heteroatoms. The Balaban J connectivity index is 1.52. The average Bonchev–Trinajstić information content (AvgIpc) is 3.42. The Morgan fingerprint density at radius 3 is 2.73 bits per heavy atom. The number of methoxy groups -OCH3 is 1. The molecule has 0 bridgehead atoms. The quantitative estimate of drug-likeness (QED) is 0.625. The Labute approximate surface area is 178 Å². The molecule has 0 saturated carbocycles. The number of nitrogens with zero attached hydrogens (tertiary/aromatic N) is 2. The van der Waals surface area contributed by atoms with Crippen molar-refractivity contribution < 1.29 is 14.3 Å². The van der Waals surface area contributed by atoms with Crippen molar-refractivity contribution in [2.45, 2.75) is 13.3 Å². The minimum atomic E-state index is -0.291. The average molecular weight is 423 g/mol. The number of amides is 3. The van der Waals surface area contributed by atoms with Crippen molar-refractivity contribution in [3.05, 3.63) is 59.0 Å². The summed E-state index contributed by atoms with van der Waals surface area (Å²) in [5, 5.41) is 8.04. The van der Waals surface area contributed by atoms with E-state index in [-0.39, 0.29) is 11.9 Å². The highest BCUT2D eigenvalue weighted by molar-refractivity contribution is 7.14. The monoisotopic (exact) mass is 422 g/mol. The molecule has 1 aliphatic rings. The molecule has 1 aromatic heterocycles. The van der Waals surface area contributed by atoms with E-state index in [9.17, 15) is 9.59 Å². The van der Waals surface area contributed by atoms with Gasteiger partial charge in [0.15, 0.2) is 5.13 Å². The van der Waals surface area contributed by atoms with Gasteiger partial charge in [0, 0.05) is 29.6 Å². The molecule has 0 aliphatic carbocycles. The van der Waals surface area contributed by atoms with Crippen molar-refractivity contribution in [3.63, 3.8) is 0 Å². The Morgan fingerprint density at radius 2 is 2.07 bits per heavy atom. The van der Waals surface area contributed by atoms with Crippen LogP contribution in [0, 0.1) is 0 Å². The van der Waals surface area contributed by atoms with Gasteiger partial charge < -0.3 is 10.1 Å². The second kappa shape index (κ2) is 8.54. The molecule has 2 heterocycles. The largest absolute Gasteiger partial charge is 0.495 e. The lowest BCUT2D eigenvalue weighted by molar-refractivity contribution is 0.102. The first kappa shape index (κ1) is 19.9. The van der Waals surface area contributed by atoms with E-state index in [0.717, 1.165) is 17.7 Å². The normalized spacial score (nSPS) is 13.3. The standard InChI is InChI=1S/C22H22N4O3S/c1-3-14-4-6-15(7-5-14)17-13-30-21(24-17)25-20(27)16-8-9-19(29-2)18(12-16)26-11-10-23-22(26)28/h4-9,12-13H,3,10-11H2,1-2H3,(H,23,28)(H,24,25,27). The number of hydrogen-bond acceptors (Lipinski definition) is 5. The SMILES string of the molecule is CCc1ccc(-c2csc(NC(=O)c3ccc(OC)c(N4CCNC4=O)c3)n2)cc1. The number of hydrogen-bond donors (Lipinski definition) is 2. The first-order valence-corrected chi connectivity index (χ1v) is 10.6. The molecular weight excluding hydrogens is 400 g/mol. The van der Waals surface area contributed by atoms with Crippen LogP contribution in [0.1, 0.15) is 22.8 Å². The molecule has 0 atom stereocenters. The van der Waals surface area contributed by atoms with E-state index in [1.54, 1.807) is 23.1 Å². The topological polar surface area (TPSA) is 83.6 Å². The summed E-state index contributed by atoms with van der Waals surface area (Å²) < 4.78 is 5.36. The van der Waals surface area contributed by atoms with E-state index in [2.05, 4.69) is 34.7 Å². The van der Waals surface area contributed by atoms with Crippen LogP contribution < -0.4 is 20.3 Å². The molecule has 7 nitrogen and oxygen atoms in total. The first-order valence-electron chi connectivity index (χ1n) is 9.68. The summed E-state index contributed by atoms with van der Waals surface area (Å²) in [6.45, 7) is 3.19. The minimum Gasteiger partial charge on any atom is -0.495 e. The van der Waals surface area contributed by atoms with Crippen LogP contribution >= 0.6 is 11.3 Å². The maximum absolute atomic E-state index is 12.8. The highest BCUT2D eigenvalue weighted by Gasteiger charge is 2.25. The number of aryl methyl sites for hydroxylation is 1. The smallest absolute Gasteiger partial charge is 0.322 e. The summed E-state index contributed by atoms with van der Waals surface area (Å²) in [5.41, 5.74) is 4.09. The van der Waals surface area contributed by atoms with Gasteiger partial charge in [-0.2, -0.15) is 0 Å². The van der Waals surface area contributed by atoms with Crippen molar-refractivity contribution in [2.75, 3.05) is 30.4 Å². The second-order valence-corrected chi connectivity index (χ2v) is 7.67. The summed E-state index contributed by atoms with van der Waals surface area (Å²) in [6.07, 6.45) is 0.988. The van der Waals surface area contributed by atoms with Crippen LogP contribution in [0.2, 0.25) is 0 Å². The number of aromatic nitrogens is 1. The molecular formula is C22H22N4O3S. The van der Waals surface area contributed by atoms with Crippen LogP contribution in [0.3, 0.4) is 0 Å². The molecule has 3 aromatic rings. The lowest BCUT2D eigenvalue weighted by Gasteiger charge is -2.18. The highest BCUT2D eigenvalue weighted by atomic mass is 32.1. The third-order valence-corrected chi connectivity index (χ3v) is 5.73. The fraction of sp³-hybridized carbons (Fsp3) is 0.227. The Kier molecular flexibility index (Phi) is 5.67. The van der Waals surface area contributed by atoms with Crippen LogP contribution in [0.5, 0.6) is 5.75 Å². The maximum atomic E-state index is 12.8. The second-order valence-electron chi connectivity index (χ2n) is 6.81. The summed E-state index contributed by atoms with van der Waals surface area (Å²) >= 11 is 1.37. The first-order chi connectivity index (χ1) is 14.6. The summed E-state index contributed by atoms with van der Waals surface area (Å²) in [4.78, 5) is 30.9. The van der Waals surface area contributed by atoms with Gasteiger partial charge in [-0.15, -0.1) is 11.3 Å². The van der Waals surface area contributed by atoms with Gasteiger partial charge in [-0.25, -0.2) is 9.78 Å². The van der Waals surface area contributed by atoms with E-state index >= 15 is 0 Å². The number of urea groups is 1. The van der Waals surface area contributed by atoms with Gasteiger partial charge in [-0.1, -0.05) is 31.2 Å². The Hall–Kier alpha value is -3.39. The van der Waals surface area contributed by atoms with E-state index < -0.39 is 0 Å². The summed E-state index contributed by atoms with van der Waals surface area (Å²) in [7, 11) is 1.54. The van der Waals surface area contributed by atoms with Gasteiger partial charge in [0.1, 0.15) is 5.75 Å². The Bertz CT molecular complexity index is 1080. The van der Waals surface area contributed by atoms with E-state index in [1.165, 1.54) is 24.0 Å². The molecule has 1 fully saturated rings. The number of anilines is 2. The van der Waals surface area contributed by atoms with Crippen molar-refractivity contribution in [1.82, 2.24) is 10.3 Å². The highest BCUT2D eigenvalue weighted by Crippen LogP contribution is 2.31. The predicted molar refractivity (Wildman–Crippen MR) is 119 cm³/mol. The molecule has 0 unspecified atom stereocenters. The molecule has 30 heavy (non-hydrogen) atoms. The zero-order chi connectivity index (χ0) is 21.1. The molecule has 4 rings (SSSR count). The predicted octanol–water partition coefficient (Wildman–Crippen LogP) is 4.16. The van der Waals surface area contributed by atoms with Gasteiger partial charge >= 0.3 is 6.03 Å². The zero-order valence-corrected chi connectivity index (χ0v) is 17.6. The van der Waals surface area contributed by atoms with E-state index in [0.29, 0.717) is 35.2 Å². The van der Waals surface area contributed by atoms with Gasteiger partial charge in [-0.05, 0) is 30.2 Å². The Morgan fingerprint density at radius 1 is 1.27 bits per heavy atom. The minimum absolute atomic E-state index is 0.204. The lowest BCUT2D eigenvalue weighted by Crippen LogP contribution is -2.28. The van der Waals surface area contributed by atoms with E-state index in [4.69, 9.17) is 4.74 Å². The van der Waals surface area contributed by atoms with Crippen molar-refractivity contribution >= 4 is 34.1 Å². The van der Waals surface area contributed by atoms with Crippen molar-refractivity contribution in [3.8, 4) is 17.0 Å². The number of nitrogens with one attached hydrogen (secondary N) is 2. The number of ether oxygens (including phenoxy) is 1. The van der Waals surface area contributed by atoms with Crippen molar-refractivity contribution in [2.24, 2.45) is 0 Å². The molecule has 2 N–H and O–H groups in total. The number of benzene rings is 2. The molecule has 0 radical (unpaired) electrons. The number of thiazole rings is 1. The number of rotatable bonds is 6. The van der Waals surface area contributed by atoms with Crippen LogP contribution in [-0.2, 0) is 6.42 Å². The van der Waals surface area contributed by atoms with Crippen molar-refractivity contribution in [1.29, 1.82) is 0 Å². The molecule has 2 aromatic carbocycles. The summed E-state index contributed by atoms with van der Waals surface area (Å²) in [6, 6.07) is 13.1. The molecule has 1 aliphatic heterocycles. The molecule has 1 saturated heterocycles. The summed E-state index contributed by atoms with van der Waals surface area (Å²) in [5.74, 6) is 0.247. The van der Waals surface area contributed by atoms with Crippen LogP contribution in [-0.4, -0.2) is 37.1 Å². The van der Waals surface area contributed by atoms with Gasteiger partial charge in [-0.3, -0.25) is 15.0 Å². The maximum Gasteiger partial charge on any atom is 0.322 e. The van der Waals surface area contributed by atoms with Gasteiger partial charge in [0.05, 0.1) is 18.5 Å². The van der Waals surface area contributed by atoms with Crippen LogP contribution in [0.25, 0.3) is 11.3 Å². The van der Waals surface area contributed by atoms with E-state index in [1.807, 2.05) is 17.5 Å². The third-order valence-electron chi connectivity index (χ3n) is 4.97. The number of carbonyl (C=O) groups excluding carboxylic acids is 2. The number of carbonyl (C=O) groups is 2. The van der Waals surface area contributed by atoms with Gasteiger partial charge in [0.2, 0.25) is 0 Å². The zero-order valence-electron chi connectivity index (χ0n) is 16.8. The lowest BCUT2D eigenvalue weighted by atomic mass is 10.1. The van der Waals surface area contributed by atoms with Gasteiger partial charge in [0.25, 0.3) is 5.91 Å². The third kappa shape index (κ3) is 3.99.